The van der Waals surface area contributed by atoms with Gasteiger partial charge in [0, 0.05) is 0 Å². The maximum absolute atomic E-state index is 14.8. The van der Waals surface area contributed by atoms with Crippen molar-refractivity contribution >= 4 is 11.6 Å². The van der Waals surface area contributed by atoms with E-state index < -0.39 is 11.7 Å². The third-order valence-electron chi connectivity index (χ3n) is 4.63. The van der Waals surface area contributed by atoms with Crippen LogP contribution in [0.15, 0.2) is 73.1 Å². The molecular weight excluding hydrogens is 397 g/mol. The van der Waals surface area contributed by atoms with Crippen LogP contribution in [0.2, 0.25) is 0 Å². The molecule has 1 aromatic heterocycles. The second-order valence-electron chi connectivity index (χ2n) is 6.52. The summed E-state index contributed by atoms with van der Waals surface area (Å²) in [6, 6.07) is 20.3. The van der Waals surface area contributed by atoms with E-state index >= 15 is 0 Å². The molecule has 1 amide bonds. The number of anilines is 1. The zero-order chi connectivity index (χ0) is 21.8. The van der Waals surface area contributed by atoms with E-state index in [1.807, 2.05) is 18.2 Å². The Morgan fingerprint density at radius 1 is 1.10 bits per heavy atom. The molecule has 0 bridgehead atoms. The third-order valence-corrected chi connectivity index (χ3v) is 4.63. The summed E-state index contributed by atoms with van der Waals surface area (Å²) in [5, 5.41) is 15.6. The highest BCUT2D eigenvalue weighted by Gasteiger charge is 2.16. The highest BCUT2D eigenvalue weighted by Crippen LogP contribution is 2.25. The van der Waals surface area contributed by atoms with E-state index in [0.29, 0.717) is 22.7 Å². The highest BCUT2D eigenvalue weighted by atomic mass is 19.1. The van der Waals surface area contributed by atoms with E-state index in [-0.39, 0.29) is 11.4 Å². The van der Waals surface area contributed by atoms with Gasteiger partial charge in [-0.05, 0) is 47.5 Å². The molecule has 0 aliphatic rings. The van der Waals surface area contributed by atoms with Crippen LogP contribution in [0.25, 0.3) is 16.8 Å². The van der Waals surface area contributed by atoms with Crippen molar-refractivity contribution in [3.05, 3.63) is 90.3 Å². The third kappa shape index (κ3) is 4.11. The average Bonchev–Trinajstić information content (AvgIpc) is 3.28. The lowest BCUT2D eigenvalue weighted by atomic mass is 10.0. The first-order chi connectivity index (χ1) is 15.1. The molecule has 7 nitrogen and oxygen atoms in total. The van der Waals surface area contributed by atoms with Gasteiger partial charge in [0.25, 0.3) is 11.7 Å². The van der Waals surface area contributed by atoms with Crippen LogP contribution in [0.3, 0.4) is 0 Å². The molecule has 152 valence electrons. The Hall–Kier alpha value is -4.51. The first-order valence-corrected chi connectivity index (χ1v) is 9.25. The smallest absolute Gasteiger partial charge is 0.258 e. The molecule has 0 aliphatic carbocycles. The minimum atomic E-state index is -0.643. The van der Waals surface area contributed by atoms with Gasteiger partial charge < -0.3 is 10.1 Å². The maximum atomic E-state index is 14.8. The number of aromatic nitrogens is 3. The molecule has 31 heavy (non-hydrogen) atoms. The number of hydrogen-bond donors (Lipinski definition) is 1. The van der Waals surface area contributed by atoms with E-state index in [1.165, 1.54) is 23.1 Å². The van der Waals surface area contributed by atoms with Crippen LogP contribution in [-0.2, 0) is 0 Å². The molecular formula is C23H16FN5O2. The molecule has 0 saturated carbocycles. The number of nitrogens with zero attached hydrogens (tertiary/aromatic N) is 4. The van der Waals surface area contributed by atoms with Crippen molar-refractivity contribution in [2.45, 2.75) is 0 Å². The van der Waals surface area contributed by atoms with Gasteiger partial charge in [0.15, 0.2) is 0 Å². The lowest BCUT2D eigenvalue weighted by Gasteiger charge is -2.12. The number of hydrogen-bond acceptors (Lipinski definition) is 5. The summed E-state index contributed by atoms with van der Waals surface area (Å²) in [7, 11) is 1.57. The highest BCUT2D eigenvalue weighted by molar-refractivity contribution is 6.05. The summed E-state index contributed by atoms with van der Waals surface area (Å²) < 4.78 is 21.3. The molecule has 0 aliphatic heterocycles. The molecule has 0 fully saturated rings. The number of nitrogens with one attached hydrogen (secondary N) is 1. The molecule has 3 aromatic carbocycles. The monoisotopic (exact) mass is 413 g/mol. The van der Waals surface area contributed by atoms with Gasteiger partial charge in [0.2, 0.25) is 0 Å². The number of carbonyl (C=O) groups is 1. The van der Waals surface area contributed by atoms with Gasteiger partial charge in [-0.3, -0.25) is 4.79 Å². The van der Waals surface area contributed by atoms with E-state index in [2.05, 4.69) is 15.4 Å². The number of rotatable bonds is 5. The number of benzene rings is 3. The summed E-state index contributed by atoms with van der Waals surface area (Å²) in [4.78, 5) is 16.6. The molecule has 4 aromatic rings. The first-order valence-electron chi connectivity index (χ1n) is 9.25. The molecule has 0 spiro atoms. The quantitative estimate of drug-likeness (QED) is 0.529. The van der Waals surface area contributed by atoms with Crippen LogP contribution in [0, 0.1) is 17.1 Å². The van der Waals surface area contributed by atoms with Crippen LogP contribution in [0.4, 0.5) is 10.1 Å². The van der Waals surface area contributed by atoms with Crippen molar-refractivity contribution < 1.29 is 13.9 Å². The van der Waals surface area contributed by atoms with Crippen molar-refractivity contribution in [1.29, 1.82) is 5.26 Å². The molecule has 8 heteroatoms. The molecule has 1 heterocycles. The predicted molar refractivity (Wildman–Crippen MR) is 112 cm³/mol. The largest absolute Gasteiger partial charge is 0.497 e. The lowest BCUT2D eigenvalue weighted by molar-refractivity contribution is 0.102. The van der Waals surface area contributed by atoms with Gasteiger partial charge in [0.05, 0.1) is 24.0 Å². The Bertz CT molecular complexity index is 1290. The number of carbonyl (C=O) groups excluding carboxylic acids is 1. The lowest BCUT2D eigenvalue weighted by Crippen LogP contribution is -2.15. The Morgan fingerprint density at radius 3 is 2.52 bits per heavy atom. The van der Waals surface area contributed by atoms with E-state index in [9.17, 15) is 9.18 Å². The van der Waals surface area contributed by atoms with Gasteiger partial charge in [-0.2, -0.15) is 5.26 Å². The maximum Gasteiger partial charge on any atom is 0.258 e. The van der Waals surface area contributed by atoms with Crippen LogP contribution in [0.5, 0.6) is 5.75 Å². The Kier molecular flexibility index (Phi) is 5.41. The van der Waals surface area contributed by atoms with Gasteiger partial charge in [-0.15, -0.1) is 5.10 Å². The van der Waals surface area contributed by atoms with Gasteiger partial charge in [-0.1, -0.05) is 30.3 Å². The summed E-state index contributed by atoms with van der Waals surface area (Å²) >= 11 is 0. The minimum Gasteiger partial charge on any atom is -0.497 e. The molecule has 0 saturated heterocycles. The van der Waals surface area contributed by atoms with Crippen molar-refractivity contribution in [3.63, 3.8) is 0 Å². The molecule has 0 unspecified atom stereocenters. The second kappa shape index (κ2) is 8.47. The number of halogens is 1. The fourth-order valence-electron chi connectivity index (χ4n) is 3.06. The minimum absolute atomic E-state index is 0.00120. The van der Waals surface area contributed by atoms with Crippen LogP contribution >= 0.6 is 0 Å². The van der Waals surface area contributed by atoms with Crippen LogP contribution in [-0.4, -0.2) is 27.8 Å². The summed E-state index contributed by atoms with van der Waals surface area (Å²) in [6.07, 6.45) is 1.37. The topological polar surface area (TPSA) is 92.8 Å². The number of methoxy groups -OCH3 is 1. The molecule has 0 atom stereocenters. The summed E-state index contributed by atoms with van der Waals surface area (Å²) in [6.45, 7) is 0. The van der Waals surface area contributed by atoms with Crippen LogP contribution in [0.1, 0.15) is 16.2 Å². The Labute approximate surface area is 177 Å². The predicted octanol–water partition coefficient (Wildman–Crippen LogP) is 4.21. The Morgan fingerprint density at radius 2 is 1.84 bits per heavy atom. The van der Waals surface area contributed by atoms with E-state index in [4.69, 9.17) is 10.00 Å². The van der Waals surface area contributed by atoms with Crippen molar-refractivity contribution in [2.24, 2.45) is 0 Å². The van der Waals surface area contributed by atoms with E-state index in [1.54, 1.807) is 49.6 Å². The zero-order valence-electron chi connectivity index (χ0n) is 16.4. The second-order valence-corrected chi connectivity index (χ2v) is 6.52. The van der Waals surface area contributed by atoms with Crippen LogP contribution < -0.4 is 10.1 Å². The molecule has 0 radical (unpaired) electrons. The molecule has 1 N–H and O–H groups in total. The Balaban J connectivity index is 1.59. The summed E-state index contributed by atoms with van der Waals surface area (Å²) in [5.74, 6) is -0.544. The number of nitriles is 1. The molecule has 4 rings (SSSR count). The number of ether oxygens (including phenoxy) is 1. The van der Waals surface area contributed by atoms with Gasteiger partial charge in [0.1, 0.15) is 24.0 Å². The van der Waals surface area contributed by atoms with Gasteiger partial charge in [-0.25, -0.2) is 14.1 Å². The van der Waals surface area contributed by atoms with Gasteiger partial charge >= 0.3 is 0 Å². The zero-order valence-corrected chi connectivity index (χ0v) is 16.4. The number of amides is 1. The normalized spacial score (nSPS) is 10.4. The van der Waals surface area contributed by atoms with E-state index in [0.717, 1.165) is 5.56 Å². The van der Waals surface area contributed by atoms with Crippen molar-refractivity contribution in [1.82, 2.24) is 14.8 Å². The first kappa shape index (κ1) is 19.8. The van der Waals surface area contributed by atoms with Crippen molar-refractivity contribution in [3.8, 4) is 28.6 Å². The number of para-hydroxylation sites is 2. The standard InChI is InChI=1S/C23H16FN5O2/c1-31-17-9-6-15(7-10-17)16-8-11-18(19(24)12-16)23(30)27-20-4-2-3-5-21(20)29-14-26-22(13-25)28-29/h2-12,14H,1H3,(H,27,30). The fourth-order valence-corrected chi connectivity index (χ4v) is 3.06. The average molecular weight is 413 g/mol. The fraction of sp³-hybridized carbons (Fsp3) is 0.0435. The summed E-state index contributed by atoms with van der Waals surface area (Å²) in [5.41, 5.74) is 2.25. The SMILES string of the molecule is COc1ccc(-c2ccc(C(=O)Nc3ccccc3-n3cnc(C#N)n3)c(F)c2)cc1. The van der Waals surface area contributed by atoms with Crippen molar-refractivity contribution in [2.75, 3.05) is 12.4 Å².